The summed E-state index contributed by atoms with van der Waals surface area (Å²) in [5, 5.41) is 11.4. The molecule has 17 heavy (non-hydrogen) atoms. The third-order valence-corrected chi connectivity index (χ3v) is 2.54. The van der Waals surface area contributed by atoms with Crippen LogP contribution in [-0.4, -0.2) is 35.6 Å². The summed E-state index contributed by atoms with van der Waals surface area (Å²) in [6.07, 6.45) is 2.10. The van der Waals surface area contributed by atoms with Gasteiger partial charge in [-0.15, -0.1) is 0 Å². The van der Waals surface area contributed by atoms with E-state index in [-0.39, 0.29) is 5.92 Å². The van der Waals surface area contributed by atoms with E-state index >= 15 is 0 Å². The van der Waals surface area contributed by atoms with Crippen molar-refractivity contribution in [3.05, 3.63) is 0 Å². The summed E-state index contributed by atoms with van der Waals surface area (Å²) in [6.45, 7) is 4.04. The molecule has 0 saturated heterocycles. The van der Waals surface area contributed by atoms with E-state index in [2.05, 4.69) is 5.32 Å². The van der Waals surface area contributed by atoms with Crippen LogP contribution in [-0.2, 0) is 9.59 Å². The van der Waals surface area contributed by atoms with Gasteiger partial charge in [0.1, 0.15) is 6.04 Å². The summed E-state index contributed by atoms with van der Waals surface area (Å²) in [5.74, 6) is -1.63. The molecule has 1 amide bonds. The van der Waals surface area contributed by atoms with Gasteiger partial charge in [0, 0.05) is 0 Å². The van der Waals surface area contributed by atoms with E-state index in [1.807, 2.05) is 0 Å². The van der Waals surface area contributed by atoms with Gasteiger partial charge >= 0.3 is 5.97 Å². The van der Waals surface area contributed by atoms with Crippen molar-refractivity contribution in [1.82, 2.24) is 5.32 Å². The van der Waals surface area contributed by atoms with Gasteiger partial charge in [0.25, 0.3) is 0 Å². The first-order chi connectivity index (χ1) is 7.90. The minimum atomic E-state index is -1.04. The molecule has 0 saturated carbocycles. The molecule has 2 atom stereocenters. The van der Waals surface area contributed by atoms with Gasteiger partial charge in [-0.2, -0.15) is 0 Å². The minimum Gasteiger partial charge on any atom is -0.480 e. The molecular formula is C11H23N3O3. The third-order valence-electron chi connectivity index (χ3n) is 2.54. The number of nitrogens with two attached hydrogens (primary N) is 2. The van der Waals surface area contributed by atoms with Crippen LogP contribution in [0.25, 0.3) is 0 Å². The lowest BCUT2D eigenvalue weighted by Gasteiger charge is -2.20. The number of carbonyl (C=O) groups is 2. The summed E-state index contributed by atoms with van der Waals surface area (Å²) < 4.78 is 0. The lowest BCUT2D eigenvalue weighted by atomic mass is 10.0. The Labute approximate surface area is 102 Å². The third kappa shape index (κ3) is 6.23. The van der Waals surface area contributed by atoms with Crippen molar-refractivity contribution in [3.8, 4) is 0 Å². The fourth-order valence-electron chi connectivity index (χ4n) is 1.41. The fourth-order valence-corrected chi connectivity index (χ4v) is 1.41. The van der Waals surface area contributed by atoms with E-state index < -0.39 is 24.0 Å². The molecule has 0 heterocycles. The average molecular weight is 245 g/mol. The molecule has 0 aromatic rings. The molecule has 0 aromatic carbocycles. The highest BCUT2D eigenvalue weighted by Crippen LogP contribution is 2.04. The zero-order valence-electron chi connectivity index (χ0n) is 10.5. The molecule has 0 fully saturated rings. The molecule has 0 aliphatic carbocycles. The molecule has 0 spiro atoms. The molecule has 0 radical (unpaired) electrons. The van der Waals surface area contributed by atoms with Crippen LogP contribution < -0.4 is 16.8 Å². The maximum atomic E-state index is 11.6. The zero-order valence-corrected chi connectivity index (χ0v) is 10.5. The standard InChI is InChI=1S/C11H23N3O3/c1-7(2)9(11(16)17)14-10(15)8(13)5-3-4-6-12/h7-9H,3-6,12-13H2,1-2H3,(H,14,15)(H,16,17)/t8-,9-/m0/s1. The van der Waals surface area contributed by atoms with E-state index in [0.717, 1.165) is 12.8 Å². The number of rotatable bonds is 8. The predicted molar refractivity (Wildman–Crippen MR) is 65.3 cm³/mol. The van der Waals surface area contributed by atoms with Crippen LogP contribution in [0.5, 0.6) is 0 Å². The van der Waals surface area contributed by atoms with Crippen LogP contribution in [0.2, 0.25) is 0 Å². The normalized spacial score (nSPS) is 14.4. The van der Waals surface area contributed by atoms with Gasteiger partial charge in [-0.3, -0.25) is 4.79 Å². The van der Waals surface area contributed by atoms with Crippen LogP contribution >= 0.6 is 0 Å². The molecule has 6 nitrogen and oxygen atoms in total. The molecule has 0 bridgehead atoms. The number of aliphatic carboxylic acids is 1. The second-order valence-corrected chi connectivity index (χ2v) is 4.46. The van der Waals surface area contributed by atoms with Crippen molar-refractivity contribution < 1.29 is 14.7 Å². The average Bonchev–Trinajstić information content (AvgIpc) is 2.24. The lowest BCUT2D eigenvalue weighted by Crippen LogP contribution is -2.50. The lowest BCUT2D eigenvalue weighted by molar-refractivity contribution is -0.143. The topological polar surface area (TPSA) is 118 Å². The van der Waals surface area contributed by atoms with Gasteiger partial charge < -0.3 is 21.9 Å². The smallest absolute Gasteiger partial charge is 0.326 e. The Morgan fingerprint density at radius 2 is 1.88 bits per heavy atom. The highest BCUT2D eigenvalue weighted by atomic mass is 16.4. The number of unbranched alkanes of at least 4 members (excludes halogenated alkanes) is 1. The monoisotopic (exact) mass is 245 g/mol. The van der Waals surface area contributed by atoms with Gasteiger partial charge in [0.2, 0.25) is 5.91 Å². The summed E-state index contributed by atoms with van der Waals surface area (Å²) in [5.41, 5.74) is 11.0. The molecule has 0 unspecified atom stereocenters. The fraction of sp³-hybridized carbons (Fsp3) is 0.818. The van der Waals surface area contributed by atoms with Gasteiger partial charge in [-0.05, 0) is 25.3 Å². The number of amides is 1. The van der Waals surface area contributed by atoms with E-state index in [4.69, 9.17) is 16.6 Å². The summed E-state index contributed by atoms with van der Waals surface area (Å²) in [4.78, 5) is 22.5. The van der Waals surface area contributed by atoms with Crippen LogP contribution in [0.1, 0.15) is 33.1 Å². The Kier molecular flexibility index (Phi) is 7.49. The summed E-state index contributed by atoms with van der Waals surface area (Å²) >= 11 is 0. The van der Waals surface area contributed by atoms with Crippen molar-refractivity contribution in [3.63, 3.8) is 0 Å². The van der Waals surface area contributed by atoms with Crippen molar-refractivity contribution in [2.24, 2.45) is 17.4 Å². The highest BCUT2D eigenvalue weighted by molar-refractivity contribution is 5.86. The molecular weight excluding hydrogens is 222 g/mol. The number of carbonyl (C=O) groups excluding carboxylic acids is 1. The molecule has 6 N–H and O–H groups in total. The first-order valence-corrected chi connectivity index (χ1v) is 5.89. The van der Waals surface area contributed by atoms with Crippen molar-refractivity contribution in [1.29, 1.82) is 0 Å². The van der Waals surface area contributed by atoms with Crippen molar-refractivity contribution >= 4 is 11.9 Å². The summed E-state index contributed by atoms with van der Waals surface area (Å²) in [6, 6.07) is -1.55. The Morgan fingerprint density at radius 1 is 1.29 bits per heavy atom. The van der Waals surface area contributed by atoms with Gasteiger partial charge in [0.05, 0.1) is 6.04 Å². The van der Waals surface area contributed by atoms with Crippen LogP contribution in [0.3, 0.4) is 0 Å². The van der Waals surface area contributed by atoms with Gasteiger partial charge in [-0.25, -0.2) is 4.79 Å². The second kappa shape index (κ2) is 8.03. The molecule has 0 rings (SSSR count). The molecule has 100 valence electrons. The van der Waals surface area contributed by atoms with Crippen molar-refractivity contribution in [2.75, 3.05) is 6.54 Å². The predicted octanol–water partition coefficient (Wildman–Crippen LogP) is -0.332. The molecule has 0 aliphatic rings. The number of hydrogen-bond acceptors (Lipinski definition) is 4. The van der Waals surface area contributed by atoms with E-state index in [1.165, 1.54) is 0 Å². The van der Waals surface area contributed by atoms with Gasteiger partial charge in [0.15, 0.2) is 0 Å². The number of carboxylic acids is 1. The SMILES string of the molecule is CC(C)[C@H](NC(=O)[C@@H](N)CCCCN)C(=O)O. The van der Waals surface area contributed by atoms with Crippen LogP contribution in [0.4, 0.5) is 0 Å². The molecule has 0 aliphatic heterocycles. The first-order valence-electron chi connectivity index (χ1n) is 5.89. The maximum Gasteiger partial charge on any atom is 0.326 e. The number of hydrogen-bond donors (Lipinski definition) is 4. The van der Waals surface area contributed by atoms with E-state index in [0.29, 0.717) is 13.0 Å². The molecule has 0 aromatic heterocycles. The Hall–Kier alpha value is -1.14. The number of nitrogens with one attached hydrogen (secondary N) is 1. The Bertz CT molecular complexity index is 256. The Balaban J connectivity index is 4.16. The molecule has 6 heteroatoms. The van der Waals surface area contributed by atoms with E-state index in [9.17, 15) is 9.59 Å². The van der Waals surface area contributed by atoms with Gasteiger partial charge in [-0.1, -0.05) is 20.3 Å². The summed E-state index contributed by atoms with van der Waals surface area (Å²) in [7, 11) is 0. The quantitative estimate of drug-likeness (QED) is 0.437. The van der Waals surface area contributed by atoms with E-state index in [1.54, 1.807) is 13.8 Å². The second-order valence-electron chi connectivity index (χ2n) is 4.46. The largest absolute Gasteiger partial charge is 0.480 e. The first kappa shape index (κ1) is 15.9. The Morgan fingerprint density at radius 3 is 2.29 bits per heavy atom. The zero-order chi connectivity index (χ0) is 13.4. The van der Waals surface area contributed by atoms with Crippen LogP contribution in [0, 0.1) is 5.92 Å². The van der Waals surface area contributed by atoms with Crippen molar-refractivity contribution in [2.45, 2.75) is 45.2 Å². The maximum absolute atomic E-state index is 11.6. The highest BCUT2D eigenvalue weighted by Gasteiger charge is 2.25. The van der Waals surface area contributed by atoms with Crippen LogP contribution in [0.15, 0.2) is 0 Å². The number of carboxylic acid groups (broad SMARTS) is 1. The minimum absolute atomic E-state index is 0.173.